The minimum absolute atomic E-state index is 0.256. The predicted octanol–water partition coefficient (Wildman–Crippen LogP) is 5.23. The number of hydrogen-bond acceptors (Lipinski definition) is 4. The van der Waals surface area contributed by atoms with Crippen molar-refractivity contribution in [3.05, 3.63) is 77.6 Å². The van der Waals surface area contributed by atoms with E-state index in [1.165, 1.54) is 12.1 Å². The van der Waals surface area contributed by atoms with Crippen LogP contribution in [0.25, 0.3) is 10.8 Å². The van der Waals surface area contributed by atoms with Gasteiger partial charge < -0.3 is 9.47 Å². The van der Waals surface area contributed by atoms with E-state index in [9.17, 15) is 14.0 Å². The maximum absolute atomic E-state index is 13.3. The maximum Gasteiger partial charge on any atom is 0.317 e. The largest absolute Gasteiger partial charge is 0.497 e. The molecular formula is C25H23FO4. The Morgan fingerprint density at radius 3 is 2.30 bits per heavy atom. The fourth-order valence-corrected chi connectivity index (χ4v) is 4.23. The standard InChI is InChI=1S/C25H23FO4/c1-29-22-11-6-17-14-19(5-4-18(17)15-22)23(27)16-30-24(28)25(12-2-3-13-25)20-7-9-21(26)10-8-20/h4-11,14-15H,2-3,12-13,16H2,1H3. The van der Waals surface area contributed by atoms with Crippen molar-refractivity contribution in [1.82, 2.24) is 0 Å². The van der Waals surface area contributed by atoms with Crippen LogP contribution in [0.5, 0.6) is 5.75 Å². The maximum atomic E-state index is 13.3. The summed E-state index contributed by atoms with van der Waals surface area (Å²) >= 11 is 0. The molecule has 5 heteroatoms. The lowest BCUT2D eigenvalue weighted by molar-refractivity contribution is -0.149. The van der Waals surface area contributed by atoms with E-state index in [4.69, 9.17) is 9.47 Å². The van der Waals surface area contributed by atoms with Gasteiger partial charge in [0.05, 0.1) is 12.5 Å². The second-order valence-corrected chi connectivity index (χ2v) is 7.72. The molecule has 4 rings (SSSR count). The summed E-state index contributed by atoms with van der Waals surface area (Å²) in [6.45, 7) is -0.316. The van der Waals surface area contributed by atoms with Crippen molar-refractivity contribution >= 4 is 22.5 Å². The highest BCUT2D eigenvalue weighted by Crippen LogP contribution is 2.42. The summed E-state index contributed by atoms with van der Waals surface area (Å²) in [5.74, 6) is -0.263. The number of carbonyl (C=O) groups excluding carboxylic acids is 2. The number of benzene rings is 3. The molecule has 0 heterocycles. The number of Topliss-reactive ketones (excluding diaryl/α,β-unsaturated/α-hetero) is 1. The lowest BCUT2D eigenvalue weighted by Crippen LogP contribution is -2.35. The first-order valence-corrected chi connectivity index (χ1v) is 10.1. The molecule has 1 aliphatic rings. The molecule has 0 atom stereocenters. The number of esters is 1. The average molecular weight is 406 g/mol. The molecule has 0 spiro atoms. The van der Waals surface area contributed by atoms with Gasteiger partial charge in [0.15, 0.2) is 12.4 Å². The van der Waals surface area contributed by atoms with Crippen LogP contribution in [0.3, 0.4) is 0 Å². The first-order valence-electron chi connectivity index (χ1n) is 10.1. The molecule has 0 aliphatic heterocycles. The Labute approximate surface area is 174 Å². The minimum Gasteiger partial charge on any atom is -0.497 e. The molecule has 0 unspecified atom stereocenters. The summed E-state index contributed by atoms with van der Waals surface area (Å²) < 4.78 is 24.0. The van der Waals surface area contributed by atoms with Gasteiger partial charge in [-0.25, -0.2) is 4.39 Å². The van der Waals surface area contributed by atoms with Gasteiger partial charge in [0.2, 0.25) is 0 Å². The molecule has 1 saturated carbocycles. The van der Waals surface area contributed by atoms with Crippen LogP contribution in [0.15, 0.2) is 60.7 Å². The fourth-order valence-electron chi connectivity index (χ4n) is 4.23. The van der Waals surface area contributed by atoms with Crippen molar-refractivity contribution in [2.45, 2.75) is 31.1 Å². The van der Waals surface area contributed by atoms with Crippen LogP contribution in [0.4, 0.5) is 4.39 Å². The van der Waals surface area contributed by atoms with Crippen LogP contribution >= 0.6 is 0 Å². The van der Waals surface area contributed by atoms with Crippen molar-refractivity contribution in [2.24, 2.45) is 0 Å². The van der Waals surface area contributed by atoms with Gasteiger partial charge >= 0.3 is 5.97 Å². The van der Waals surface area contributed by atoms with Gasteiger partial charge in [-0.05, 0) is 59.5 Å². The number of fused-ring (bicyclic) bond motifs is 1. The highest BCUT2D eigenvalue weighted by Gasteiger charge is 2.44. The van der Waals surface area contributed by atoms with Crippen LogP contribution in [0.2, 0.25) is 0 Å². The van der Waals surface area contributed by atoms with E-state index in [1.807, 2.05) is 24.3 Å². The number of carbonyl (C=O) groups is 2. The minimum atomic E-state index is -0.798. The number of hydrogen-bond donors (Lipinski definition) is 0. The second kappa shape index (κ2) is 8.27. The number of rotatable bonds is 6. The van der Waals surface area contributed by atoms with Crippen molar-refractivity contribution in [2.75, 3.05) is 13.7 Å². The van der Waals surface area contributed by atoms with Gasteiger partial charge in [0.1, 0.15) is 11.6 Å². The summed E-state index contributed by atoms with van der Waals surface area (Å²) in [5, 5.41) is 1.87. The van der Waals surface area contributed by atoms with E-state index in [0.717, 1.165) is 34.9 Å². The van der Waals surface area contributed by atoms with Crippen LogP contribution < -0.4 is 4.74 Å². The normalized spacial score (nSPS) is 15.1. The Morgan fingerprint density at radius 2 is 1.60 bits per heavy atom. The molecule has 3 aromatic rings. The molecule has 30 heavy (non-hydrogen) atoms. The van der Waals surface area contributed by atoms with Crippen molar-refractivity contribution in [1.29, 1.82) is 0 Å². The lowest BCUT2D eigenvalue weighted by atomic mass is 9.79. The number of ketones is 1. The third kappa shape index (κ3) is 3.80. The van der Waals surface area contributed by atoms with E-state index in [2.05, 4.69) is 0 Å². The Bertz CT molecular complexity index is 1080. The summed E-state index contributed by atoms with van der Waals surface area (Å²) in [6, 6.07) is 17.0. The number of methoxy groups -OCH3 is 1. The van der Waals surface area contributed by atoms with Crippen molar-refractivity contribution in [3.63, 3.8) is 0 Å². The molecule has 0 amide bonds. The van der Waals surface area contributed by atoms with E-state index in [0.29, 0.717) is 18.4 Å². The molecule has 0 aromatic heterocycles. The van der Waals surface area contributed by atoms with Crippen LogP contribution in [0, 0.1) is 5.82 Å². The van der Waals surface area contributed by atoms with Crippen LogP contribution in [-0.4, -0.2) is 25.5 Å². The monoisotopic (exact) mass is 406 g/mol. The number of halogens is 1. The molecule has 0 saturated heterocycles. The molecule has 0 N–H and O–H groups in total. The van der Waals surface area contributed by atoms with Crippen LogP contribution in [0.1, 0.15) is 41.6 Å². The van der Waals surface area contributed by atoms with Gasteiger partial charge in [-0.2, -0.15) is 0 Å². The SMILES string of the molecule is COc1ccc2cc(C(=O)COC(=O)C3(c4ccc(F)cc4)CCCC3)ccc2c1. The molecule has 3 aromatic carbocycles. The quantitative estimate of drug-likeness (QED) is 0.416. The topological polar surface area (TPSA) is 52.6 Å². The Kier molecular flexibility index (Phi) is 5.53. The Balaban J connectivity index is 1.49. The fraction of sp³-hybridized carbons (Fsp3) is 0.280. The first kappa shape index (κ1) is 20.1. The zero-order chi connectivity index (χ0) is 21.1. The molecule has 154 valence electrons. The Morgan fingerprint density at radius 1 is 0.933 bits per heavy atom. The highest BCUT2D eigenvalue weighted by molar-refractivity contribution is 6.01. The van der Waals surface area contributed by atoms with Crippen LogP contribution in [-0.2, 0) is 14.9 Å². The van der Waals surface area contributed by atoms with E-state index >= 15 is 0 Å². The van der Waals surface area contributed by atoms with Gasteiger partial charge in [0, 0.05) is 5.56 Å². The third-order valence-corrected chi connectivity index (χ3v) is 5.95. The van der Waals surface area contributed by atoms with E-state index in [1.54, 1.807) is 31.4 Å². The summed E-state index contributed by atoms with van der Waals surface area (Å²) in [5.41, 5.74) is 0.440. The van der Waals surface area contributed by atoms with E-state index < -0.39 is 11.4 Å². The molecule has 4 nitrogen and oxygen atoms in total. The highest BCUT2D eigenvalue weighted by atomic mass is 19.1. The van der Waals surface area contributed by atoms with Gasteiger partial charge in [-0.15, -0.1) is 0 Å². The third-order valence-electron chi connectivity index (χ3n) is 5.95. The molecule has 1 fully saturated rings. The second-order valence-electron chi connectivity index (χ2n) is 7.72. The average Bonchev–Trinajstić information content (AvgIpc) is 3.28. The first-order chi connectivity index (χ1) is 14.5. The van der Waals surface area contributed by atoms with Crippen molar-refractivity contribution < 1.29 is 23.5 Å². The van der Waals surface area contributed by atoms with Gasteiger partial charge in [-0.3, -0.25) is 9.59 Å². The molecule has 0 radical (unpaired) electrons. The summed E-state index contributed by atoms with van der Waals surface area (Å²) in [7, 11) is 1.61. The van der Waals surface area contributed by atoms with Gasteiger partial charge in [-0.1, -0.05) is 43.2 Å². The molecule has 1 aliphatic carbocycles. The van der Waals surface area contributed by atoms with Gasteiger partial charge in [0.25, 0.3) is 0 Å². The lowest BCUT2D eigenvalue weighted by Gasteiger charge is -2.27. The molecular weight excluding hydrogens is 383 g/mol. The Hall–Kier alpha value is -3.21. The summed E-state index contributed by atoms with van der Waals surface area (Å²) in [6.07, 6.45) is 3.08. The van der Waals surface area contributed by atoms with Crippen molar-refractivity contribution in [3.8, 4) is 5.75 Å². The zero-order valence-corrected chi connectivity index (χ0v) is 16.8. The predicted molar refractivity (Wildman–Crippen MR) is 112 cm³/mol. The number of ether oxygens (including phenoxy) is 2. The zero-order valence-electron chi connectivity index (χ0n) is 16.8. The van der Waals surface area contributed by atoms with E-state index in [-0.39, 0.29) is 18.2 Å². The smallest absolute Gasteiger partial charge is 0.317 e. The molecule has 0 bridgehead atoms. The summed E-state index contributed by atoms with van der Waals surface area (Å²) in [4.78, 5) is 25.7.